The molecule has 1 aromatic heterocycles. The lowest BCUT2D eigenvalue weighted by atomic mass is 10.1. The molecule has 1 N–H and O–H groups in total. The number of imidazole rings is 1. The summed E-state index contributed by atoms with van der Waals surface area (Å²) in [7, 11) is 1.69. The second-order valence-electron chi connectivity index (χ2n) is 5.91. The summed E-state index contributed by atoms with van der Waals surface area (Å²) in [4.78, 5) is 16.7. The largest absolute Gasteiger partial charge is 0.416 e. The van der Waals surface area contributed by atoms with Gasteiger partial charge in [0.25, 0.3) is 5.91 Å². The first-order valence-corrected chi connectivity index (χ1v) is 8.35. The number of rotatable bonds is 4. The van der Waals surface area contributed by atoms with E-state index in [1.54, 1.807) is 35.9 Å². The monoisotopic (exact) mass is 393 g/mol. The maximum atomic E-state index is 12.8. The number of alkyl halides is 3. The maximum absolute atomic E-state index is 12.8. The standard InChI is InChI=1S/C19H15ClF3N3O/c1-26-16(11-24-17(26)13-5-7-15(20)8-6-13)18(27)25-10-12-3-2-4-14(9-12)19(21,22)23/h2-9,11H,10H2,1H3,(H,25,27). The summed E-state index contributed by atoms with van der Waals surface area (Å²) in [5, 5.41) is 3.21. The van der Waals surface area contributed by atoms with E-state index >= 15 is 0 Å². The zero-order valence-corrected chi connectivity index (χ0v) is 15.0. The third kappa shape index (κ3) is 4.31. The molecule has 2 aromatic carbocycles. The van der Waals surface area contributed by atoms with Crippen LogP contribution in [0.4, 0.5) is 13.2 Å². The topological polar surface area (TPSA) is 46.9 Å². The second kappa shape index (κ2) is 7.44. The van der Waals surface area contributed by atoms with Crippen molar-refractivity contribution in [2.75, 3.05) is 0 Å². The van der Waals surface area contributed by atoms with Gasteiger partial charge in [0.1, 0.15) is 11.5 Å². The minimum atomic E-state index is -4.42. The summed E-state index contributed by atoms with van der Waals surface area (Å²) in [6, 6.07) is 11.9. The Hall–Kier alpha value is -2.80. The number of carbonyl (C=O) groups excluding carboxylic acids is 1. The van der Waals surface area contributed by atoms with Crippen LogP contribution in [-0.4, -0.2) is 15.5 Å². The summed E-state index contributed by atoms with van der Waals surface area (Å²) >= 11 is 5.87. The molecular formula is C19H15ClF3N3O. The molecule has 0 saturated heterocycles. The molecular weight excluding hydrogens is 379 g/mol. The van der Waals surface area contributed by atoms with Crippen molar-refractivity contribution in [2.24, 2.45) is 7.05 Å². The van der Waals surface area contributed by atoms with Crippen molar-refractivity contribution in [1.82, 2.24) is 14.9 Å². The number of benzene rings is 2. The van der Waals surface area contributed by atoms with Gasteiger partial charge in [0, 0.05) is 24.2 Å². The van der Waals surface area contributed by atoms with Crippen LogP contribution in [0.5, 0.6) is 0 Å². The van der Waals surface area contributed by atoms with Crippen LogP contribution < -0.4 is 5.32 Å². The fraction of sp³-hybridized carbons (Fsp3) is 0.158. The van der Waals surface area contributed by atoms with E-state index in [2.05, 4.69) is 10.3 Å². The first-order chi connectivity index (χ1) is 12.8. The van der Waals surface area contributed by atoms with Gasteiger partial charge in [-0.25, -0.2) is 4.98 Å². The Labute approximate surface area is 158 Å². The minimum absolute atomic E-state index is 0.0236. The van der Waals surface area contributed by atoms with Gasteiger partial charge in [0.05, 0.1) is 11.8 Å². The summed E-state index contributed by atoms with van der Waals surface area (Å²) < 4.78 is 39.9. The van der Waals surface area contributed by atoms with Crippen LogP contribution in [0, 0.1) is 0 Å². The van der Waals surface area contributed by atoms with Crippen molar-refractivity contribution in [3.05, 3.63) is 76.6 Å². The predicted molar refractivity (Wildman–Crippen MR) is 96.3 cm³/mol. The van der Waals surface area contributed by atoms with Gasteiger partial charge in [-0.1, -0.05) is 23.7 Å². The van der Waals surface area contributed by atoms with Gasteiger partial charge < -0.3 is 9.88 Å². The Morgan fingerprint density at radius 2 is 1.89 bits per heavy atom. The number of nitrogens with zero attached hydrogens (tertiary/aromatic N) is 2. The SMILES string of the molecule is Cn1c(C(=O)NCc2cccc(C(F)(F)F)c2)cnc1-c1ccc(Cl)cc1. The molecule has 140 valence electrons. The summed E-state index contributed by atoms with van der Waals surface area (Å²) in [5.41, 5.74) is 0.698. The van der Waals surface area contributed by atoms with E-state index in [1.807, 2.05) is 0 Å². The fourth-order valence-electron chi connectivity index (χ4n) is 2.62. The fourth-order valence-corrected chi connectivity index (χ4v) is 2.74. The van der Waals surface area contributed by atoms with Crippen LogP contribution in [0.25, 0.3) is 11.4 Å². The van der Waals surface area contributed by atoms with Gasteiger partial charge in [-0.3, -0.25) is 4.79 Å². The van der Waals surface area contributed by atoms with E-state index in [0.29, 0.717) is 22.1 Å². The average molecular weight is 394 g/mol. The Bertz CT molecular complexity index is 965. The number of aromatic nitrogens is 2. The van der Waals surface area contributed by atoms with Gasteiger partial charge in [0.2, 0.25) is 0 Å². The Morgan fingerprint density at radius 3 is 2.56 bits per heavy atom. The molecule has 0 fully saturated rings. The number of carbonyl (C=O) groups is 1. The maximum Gasteiger partial charge on any atom is 0.416 e. The van der Waals surface area contributed by atoms with Crippen molar-refractivity contribution in [1.29, 1.82) is 0 Å². The van der Waals surface area contributed by atoms with Crippen molar-refractivity contribution in [3.63, 3.8) is 0 Å². The highest BCUT2D eigenvalue weighted by Crippen LogP contribution is 2.29. The van der Waals surface area contributed by atoms with E-state index in [9.17, 15) is 18.0 Å². The molecule has 0 unspecified atom stereocenters. The summed E-state index contributed by atoms with van der Waals surface area (Å²) in [6.45, 7) is -0.0236. The van der Waals surface area contributed by atoms with Crippen LogP contribution in [0.3, 0.4) is 0 Å². The average Bonchev–Trinajstić information content (AvgIpc) is 3.01. The molecule has 8 heteroatoms. The molecule has 0 aliphatic carbocycles. The van der Waals surface area contributed by atoms with Crippen LogP contribution in [0.15, 0.2) is 54.7 Å². The third-order valence-corrected chi connectivity index (χ3v) is 4.28. The quantitative estimate of drug-likeness (QED) is 0.699. The second-order valence-corrected chi connectivity index (χ2v) is 6.35. The molecule has 0 aliphatic heterocycles. The number of hydrogen-bond donors (Lipinski definition) is 1. The Kier molecular flexibility index (Phi) is 5.23. The van der Waals surface area contributed by atoms with Crippen molar-refractivity contribution in [3.8, 4) is 11.4 Å². The lowest BCUT2D eigenvalue weighted by Crippen LogP contribution is -2.25. The van der Waals surface area contributed by atoms with E-state index in [4.69, 9.17) is 11.6 Å². The van der Waals surface area contributed by atoms with Crippen molar-refractivity contribution >= 4 is 17.5 Å². The van der Waals surface area contributed by atoms with Crippen LogP contribution in [0.2, 0.25) is 5.02 Å². The van der Waals surface area contributed by atoms with E-state index in [0.717, 1.165) is 17.7 Å². The zero-order valence-electron chi connectivity index (χ0n) is 14.2. The molecule has 4 nitrogen and oxygen atoms in total. The summed E-state index contributed by atoms with van der Waals surface area (Å²) in [6.07, 6.45) is -3.00. The van der Waals surface area contributed by atoms with E-state index in [1.165, 1.54) is 18.3 Å². The first-order valence-electron chi connectivity index (χ1n) is 7.97. The Balaban J connectivity index is 1.73. The normalized spacial score (nSPS) is 11.4. The van der Waals surface area contributed by atoms with Crippen LogP contribution in [0.1, 0.15) is 21.6 Å². The van der Waals surface area contributed by atoms with Crippen LogP contribution >= 0.6 is 11.6 Å². The molecule has 1 heterocycles. The lowest BCUT2D eigenvalue weighted by Gasteiger charge is -2.10. The van der Waals surface area contributed by atoms with Crippen molar-refractivity contribution < 1.29 is 18.0 Å². The summed E-state index contributed by atoms with van der Waals surface area (Å²) in [5.74, 6) is 0.151. The zero-order chi connectivity index (χ0) is 19.6. The van der Waals surface area contributed by atoms with Crippen LogP contribution in [-0.2, 0) is 19.8 Å². The molecule has 3 rings (SSSR count). The van der Waals surface area contributed by atoms with Gasteiger partial charge in [0.15, 0.2) is 0 Å². The first kappa shape index (κ1) is 19.0. The highest BCUT2D eigenvalue weighted by Gasteiger charge is 2.30. The number of nitrogens with one attached hydrogen (secondary N) is 1. The number of hydrogen-bond acceptors (Lipinski definition) is 2. The molecule has 1 amide bonds. The molecule has 0 aliphatic rings. The van der Waals surface area contributed by atoms with Crippen molar-refractivity contribution in [2.45, 2.75) is 12.7 Å². The van der Waals surface area contributed by atoms with Gasteiger partial charge in [-0.2, -0.15) is 13.2 Å². The molecule has 0 saturated carbocycles. The van der Waals surface area contributed by atoms with E-state index < -0.39 is 17.6 Å². The number of amides is 1. The Morgan fingerprint density at radius 1 is 1.19 bits per heavy atom. The van der Waals surface area contributed by atoms with E-state index in [-0.39, 0.29) is 6.54 Å². The highest BCUT2D eigenvalue weighted by atomic mass is 35.5. The molecule has 3 aromatic rings. The molecule has 0 spiro atoms. The predicted octanol–water partition coefficient (Wildman–Crippen LogP) is 4.69. The van der Waals surface area contributed by atoms with Gasteiger partial charge in [-0.15, -0.1) is 0 Å². The smallest absolute Gasteiger partial charge is 0.347 e. The highest BCUT2D eigenvalue weighted by molar-refractivity contribution is 6.30. The van der Waals surface area contributed by atoms with Gasteiger partial charge >= 0.3 is 6.18 Å². The lowest BCUT2D eigenvalue weighted by molar-refractivity contribution is -0.137. The number of halogens is 4. The molecule has 0 atom stereocenters. The molecule has 0 radical (unpaired) electrons. The van der Waals surface area contributed by atoms with Gasteiger partial charge in [-0.05, 0) is 42.0 Å². The third-order valence-electron chi connectivity index (χ3n) is 4.03. The molecule has 0 bridgehead atoms. The molecule has 27 heavy (non-hydrogen) atoms. The minimum Gasteiger partial charge on any atom is -0.347 e.